The summed E-state index contributed by atoms with van der Waals surface area (Å²) in [4.78, 5) is 16.7. The van der Waals surface area contributed by atoms with Crippen molar-refractivity contribution in [2.45, 2.75) is 33.6 Å². The van der Waals surface area contributed by atoms with E-state index in [0.29, 0.717) is 12.0 Å². The van der Waals surface area contributed by atoms with Gasteiger partial charge in [-0.1, -0.05) is 18.1 Å². The number of Topliss-reactive ketones (excluding diaryl/α,β-unsaturated/α-hetero) is 1. The van der Waals surface area contributed by atoms with E-state index in [2.05, 4.69) is 10.1 Å². The molecule has 0 radical (unpaired) electrons. The molecule has 102 valence electrons. The van der Waals surface area contributed by atoms with Gasteiger partial charge in [0.05, 0.1) is 11.4 Å². The SMILES string of the molecule is CCC1=Nc2cc(-c3c(C)noc3C)ccc2C(=O)C1. The van der Waals surface area contributed by atoms with Crippen LogP contribution in [0.25, 0.3) is 11.1 Å². The molecule has 1 aliphatic rings. The molecule has 1 aromatic carbocycles. The second-order valence-corrected chi connectivity index (χ2v) is 5.06. The number of hydrogen-bond acceptors (Lipinski definition) is 4. The summed E-state index contributed by atoms with van der Waals surface area (Å²) in [6.07, 6.45) is 1.24. The summed E-state index contributed by atoms with van der Waals surface area (Å²) in [7, 11) is 0. The van der Waals surface area contributed by atoms with E-state index in [1.807, 2.05) is 39.0 Å². The topological polar surface area (TPSA) is 55.5 Å². The van der Waals surface area contributed by atoms with Gasteiger partial charge < -0.3 is 4.52 Å². The fourth-order valence-electron chi connectivity index (χ4n) is 2.61. The molecule has 2 heterocycles. The maximum absolute atomic E-state index is 12.1. The Labute approximate surface area is 117 Å². The third-order valence-electron chi connectivity index (χ3n) is 3.67. The highest BCUT2D eigenvalue weighted by atomic mass is 16.5. The lowest BCUT2D eigenvalue weighted by molar-refractivity contribution is 0.0999. The minimum Gasteiger partial charge on any atom is -0.361 e. The predicted octanol–water partition coefficient (Wildman–Crippen LogP) is 4.03. The summed E-state index contributed by atoms with van der Waals surface area (Å²) in [6, 6.07) is 5.75. The molecule has 0 saturated carbocycles. The van der Waals surface area contributed by atoms with Crippen LogP contribution in [0.2, 0.25) is 0 Å². The van der Waals surface area contributed by atoms with E-state index < -0.39 is 0 Å². The van der Waals surface area contributed by atoms with Gasteiger partial charge in [-0.05, 0) is 38.0 Å². The number of rotatable bonds is 2. The third-order valence-corrected chi connectivity index (χ3v) is 3.67. The van der Waals surface area contributed by atoms with Gasteiger partial charge in [0.2, 0.25) is 0 Å². The monoisotopic (exact) mass is 268 g/mol. The van der Waals surface area contributed by atoms with Crippen LogP contribution in [0.1, 0.15) is 41.6 Å². The first-order valence-corrected chi connectivity index (χ1v) is 6.77. The van der Waals surface area contributed by atoms with Crippen molar-refractivity contribution in [3.05, 3.63) is 35.2 Å². The number of hydrogen-bond donors (Lipinski definition) is 0. The van der Waals surface area contributed by atoms with Gasteiger partial charge in [-0.15, -0.1) is 0 Å². The second-order valence-electron chi connectivity index (χ2n) is 5.06. The number of carbonyl (C=O) groups is 1. The van der Waals surface area contributed by atoms with E-state index >= 15 is 0 Å². The zero-order chi connectivity index (χ0) is 14.3. The summed E-state index contributed by atoms with van der Waals surface area (Å²) in [6.45, 7) is 5.83. The molecule has 20 heavy (non-hydrogen) atoms. The molecule has 0 unspecified atom stereocenters. The average molecular weight is 268 g/mol. The number of benzene rings is 1. The Morgan fingerprint density at radius 3 is 2.75 bits per heavy atom. The van der Waals surface area contributed by atoms with Crippen LogP contribution < -0.4 is 0 Å². The van der Waals surface area contributed by atoms with Crippen molar-refractivity contribution in [2.24, 2.45) is 4.99 Å². The molecule has 4 nitrogen and oxygen atoms in total. The fourth-order valence-corrected chi connectivity index (χ4v) is 2.61. The van der Waals surface area contributed by atoms with Crippen molar-refractivity contribution in [2.75, 3.05) is 0 Å². The summed E-state index contributed by atoms with van der Waals surface area (Å²) >= 11 is 0. The molecule has 0 fully saturated rings. The van der Waals surface area contributed by atoms with Gasteiger partial charge in [0.1, 0.15) is 5.76 Å². The highest BCUT2D eigenvalue weighted by molar-refractivity contribution is 6.16. The molecule has 0 aliphatic carbocycles. The highest BCUT2D eigenvalue weighted by Gasteiger charge is 2.20. The van der Waals surface area contributed by atoms with Gasteiger partial charge in [-0.3, -0.25) is 9.79 Å². The Hall–Kier alpha value is -2.23. The van der Waals surface area contributed by atoms with Crippen molar-refractivity contribution in [1.29, 1.82) is 0 Å². The second kappa shape index (κ2) is 4.71. The first kappa shape index (κ1) is 12.8. The zero-order valence-electron chi connectivity index (χ0n) is 11.9. The quantitative estimate of drug-likeness (QED) is 0.826. The molecular formula is C16H16N2O2. The maximum Gasteiger partial charge on any atom is 0.170 e. The lowest BCUT2D eigenvalue weighted by Crippen LogP contribution is -2.12. The van der Waals surface area contributed by atoms with Crippen molar-refractivity contribution < 1.29 is 9.32 Å². The van der Waals surface area contributed by atoms with Crippen LogP contribution in [0.3, 0.4) is 0 Å². The molecule has 0 atom stereocenters. The predicted molar refractivity (Wildman–Crippen MR) is 77.7 cm³/mol. The van der Waals surface area contributed by atoms with Gasteiger partial charge in [0, 0.05) is 23.3 Å². The van der Waals surface area contributed by atoms with Crippen LogP contribution in [0, 0.1) is 13.8 Å². The first-order valence-electron chi connectivity index (χ1n) is 6.77. The fraction of sp³-hybridized carbons (Fsp3) is 0.312. The van der Waals surface area contributed by atoms with Crippen LogP contribution in [-0.4, -0.2) is 16.7 Å². The van der Waals surface area contributed by atoms with Crippen molar-refractivity contribution >= 4 is 17.2 Å². The summed E-state index contributed by atoms with van der Waals surface area (Å²) in [5, 5.41) is 3.97. The van der Waals surface area contributed by atoms with Crippen molar-refractivity contribution in [3.63, 3.8) is 0 Å². The van der Waals surface area contributed by atoms with Gasteiger partial charge in [0.25, 0.3) is 0 Å². The number of fused-ring (bicyclic) bond motifs is 1. The number of aryl methyl sites for hydroxylation is 2. The van der Waals surface area contributed by atoms with Crippen LogP contribution in [0.15, 0.2) is 27.7 Å². The number of ketones is 1. The van der Waals surface area contributed by atoms with E-state index in [9.17, 15) is 4.79 Å². The smallest absolute Gasteiger partial charge is 0.170 e. The van der Waals surface area contributed by atoms with E-state index in [0.717, 1.165) is 40.4 Å². The number of carbonyl (C=O) groups excluding carboxylic acids is 1. The van der Waals surface area contributed by atoms with E-state index in [-0.39, 0.29) is 5.78 Å². The minimum atomic E-state index is 0.150. The van der Waals surface area contributed by atoms with Gasteiger partial charge in [0.15, 0.2) is 5.78 Å². The van der Waals surface area contributed by atoms with Crippen LogP contribution in [-0.2, 0) is 0 Å². The lowest BCUT2D eigenvalue weighted by atomic mass is 9.95. The van der Waals surface area contributed by atoms with Crippen molar-refractivity contribution in [3.8, 4) is 11.1 Å². The standard InChI is InChI=1S/C16H16N2O2/c1-4-12-8-15(19)13-6-5-11(7-14(13)17-12)16-9(2)18-20-10(16)3/h5-7H,4,8H2,1-3H3. The van der Waals surface area contributed by atoms with Crippen LogP contribution in [0.4, 0.5) is 5.69 Å². The van der Waals surface area contributed by atoms with Gasteiger partial charge in [-0.2, -0.15) is 0 Å². The Morgan fingerprint density at radius 1 is 1.30 bits per heavy atom. The van der Waals surface area contributed by atoms with E-state index in [4.69, 9.17) is 4.52 Å². The largest absolute Gasteiger partial charge is 0.361 e. The molecule has 0 bridgehead atoms. The normalized spacial score (nSPS) is 14.2. The zero-order valence-corrected chi connectivity index (χ0v) is 11.9. The van der Waals surface area contributed by atoms with E-state index in [1.165, 1.54) is 0 Å². The van der Waals surface area contributed by atoms with Crippen LogP contribution >= 0.6 is 0 Å². The number of aromatic nitrogens is 1. The molecule has 0 N–H and O–H groups in total. The molecule has 2 aromatic rings. The minimum absolute atomic E-state index is 0.150. The Bertz CT molecular complexity index is 707. The highest BCUT2D eigenvalue weighted by Crippen LogP contribution is 2.34. The molecule has 1 aromatic heterocycles. The van der Waals surface area contributed by atoms with E-state index in [1.54, 1.807) is 0 Å². The maximum atomic E-state index is 12.1. The van der Waals surface area contributed by atoms with Gasteiger partial charge >= 0.3 is 0 Å². The molecule has 1 aliphatic heterocycles. The summed E-state index contributed by atoms with van der Waals surface area (Å²) < 4.78 is 5.20. The molecule has 0 spiro atoms. The molecule has 4 heteroatoms. The Morgan fingerprint density at radius 2 is 2.10 bits per heavy atom. The summed E-state index contributed by atoms with van der Waals surface area (Å²) in [5.74, 6) is 0.932. The summed E-state index contributed by atoms with van der Waals surface area (Å²) in [5.41, 5.74) is 5.24. The number of nitrogens with zero attached hydrogens (tertiary/aromatic N) is 2. The van der Waals surface area contributed by atoms with Crippen molar-refractivity contribution in [1.82, 2.24) is 5.16 Å². The lowest BCUT2D eigenvalue weighted by Gasteiger charge is -2.14. The Kier molecular flexibility index (Phi) is 3.01. The average Bonchev–Trinajstić information content (AvgIpc) is 2.77. The first-order chi connectivity index (χ1) is 9.60. The molecule has 0 amide bonds. The molecular weight excluding hydrogens is 252 g/mol. The van der Waals surface area contributed by atoms with Crippen LogP contribution in [0.5, 0.6) is 0 Å². The third kappa shape index (κ3) is 1.97. The molecule has 0 saturated heterocycles. The Balaban J connectivity index is 2.15. The van der Waals surface area contributed by atoms with Gasteiger partial charge in [-0.25, -0.2) is 0 Å². The number of aliphatic imine (C=N–C) groups is 1. The molecule has 3 rings (SSSR count).